The third kappa shape index (κ3) is 4.52. The fourth-order valence-corrected chi connectivity index (χ4v) is 3.41. The lowest BCUT2D eigenvalue weighted by molar-refractivity contribution is -0.908. The second kappa shape index (κ2) is 8.19. The summed E-state index contributed by atoms with van der Waals surface area (Å²) in [6.45, 7) is 5.00. The molecule has 0 unspecified atom stereocenters. The molecule has 1 aliphatic heterocycles. The number of ether oxygens (including phenoxy) is 1. The normalized spacial score (nSPS) is 15.4. The first-order valence-corrected chi connectivity index (χ1v) is 8.92. The van der Waals surface area contributed by atoms with Crippen LogP contribution in [-0.2, 0) is 4.74 Å². The molecule has 0 aliphatic carbocycles. The molecule has 8 heteroatoms. The number of halogens is 2. The van der Waals surface area contributed by atoms with Crippen molar-refractivity contribution in [2.75, 3.05) is 39.4 Å². The maximum Gasteiger partial charge on any atom is 0.349 e. The van der Waals surface area contributed by atoms with Gasteiger partial charge < -0.3 is 19.4 Å². The van der Waals surface area contributed by atoms with E-state index in [1.54, 1.807) is 6.07 Å². The first kappa shape index (κ1) is 18.2. The zero-order valence-corrected chi connectivity index (χ0v) is 15.1. The van der Waals surface area contributed by atoms with Crippen LogP contribution in [0.1, 0.15) is 16.8 Å². The molecule has 25 heavy (non-hydrogen) atoms. The lowest BCUT2D eigenvalue weighted by atomic mass is 10.1. The Morgan fingerprint density at radius 2 is 1.96 bits per heavy atom. The summed E-state index contributed by atoms with van der Waals surface area (Å²) >= 11 is 12.0. The number of carbonyl (C=O) groups is 1. The standard InChI is InChI=1S/C17H18Cl2N2O4/c18-12-8-11-9-13(17(23)25-15(11)14(19)10-12)16(22)20-2-1-3-21-4-6-24-7-5-21/h8-10H,1-7H2,(H,20,22)/p+1. The van der Waals surface area contributed by atoms with Crippen LogP contribution in [0, 0.1) is 0 Å². The molecule has 1 fully saturated rings. The first-order chi connectivity index (χ1) is 12.0. The predicted octanol–water partition coefficient (Wildman–Crippen LogP) is 1.13. The highest BCUT2D eigenvalue weighted by molar-refractivity contribution is 6.38. The number of benzene rings is 1. The van der Waals surface area contributed by atoms with Crippen LogP contribution >= 0.6 is 23.2 Å². The van der Waals surface area contributed by atoms with Gasteiger partial charge in [-0.15, -0.1) is 0 Å². The van der Waals surface area contributed by atoms with Crippen molar-refractivity contribution in [3.63, 3.8) is 0 Å². The predicted molar refractivity (Wildman–Crippen MR) is 95.8 cm³/mol. The van der Waals surface area contributed by atoms with E-state index in [1.165, 1.54) is 17.0 Å². The van der Waals surface area contributed by atoms with Crippen LogP contribution in [0.5, 0.6) is 0 Å². The Kier molecular flexibility index (Phi) is 5.96. The number of carbonyl (C=O) groups excluding carboxylic acids is 1. The van der Waals surface area contributed by atoms with E-state index in [0.29, 0.717) is 17.0 Å². The summed E-state index contributed by atoms with van der Waals surface area (Å²) in [4.78, 5) is 25.8. The zero-order valence-electron chi connectivity index (χ0n) is 13.6. The smallest absolute Gasteiger partial charge is 0.349 e. The molecule has 0 bridgehead atoms. The SMILES string of the molecule is O=C(NCCC[NH+]1CCOCC1)c1cc2cc(Cl)cc(Cl)c2oc1=O. The van der Waals surface area contributed by atoms with E-state index in [-0.39, 0.29) is 16.2 Å². The Balaban J connectivity index is 1.63. The van der Waals surface area contributed by atoms with E-state index in [1.807, 2.05) is 0 Å². The molecule has 2 heterocycles. The highest BCUT2D eigenvalue weighted by Crippen LogP contribution is 2.27. The van der Waals surface area contributed by atoms with Crippen molar-refractivity contribution < 1.29 is 18.8 Å². The Labute approximate surface area is 154 Å². The van der Waals surface area contributed by atoms with Crippen molar-refractivity contribution in [2.45, 2.75) is 6.42 Å². The van der Waals surface area contributed by atoms with Crippen molar-refractivity contribution in [1.29, 1.82) is 0 Å². The van der Waals surface area contributed by atoms with Crippen molar-refractivity contribution in [1.82, 2.24) is 5.32 Å². The summed E-state index contributed by atoms with van der Waals surface area (Å²) in [5.41, 5.74) is -0.541. The van der Waals surface area contributed by atoms with Gasteiger partial charge in [0.2, 0.25) is 0 Å². The molecule has 3 rings (SSSR count). The molecule has 1 aliphatic rings. The Morgan fingerprint density at radius 1 is 1.20 bits per heavy atom. The number of quaternary nitrogens is 1. The van der Waals surface area contributed by atoms with E-state index in [9.17, 15) is 9.59 Å². The minimum atomic E-state index is -0.715. The number of rotatable bonds is 5. The van der Waals surface area contributed by atoms with Gasteiger partial charge >= 0.3 is 5.63 Å². The number of hydrogen-bond acceptors (Lipinski definition) is 4. The van der Waals surface area contributed by atoms with Gasteiger partial charge in [0.05, 0.1) is 24.8 Å². The lowest BCUT2D eigenvalue weighted by Crippen LogP contribution is -3.14. The molecule has 2 N–H and O–H groups in total. The highest BCUT2D eigenvalue weighted by Gasteiger charge is 2.16. The topological polar surface area (TPSA) is 73.0 Å². The van der Waals surface area contributed by atoms with Crippen LogP contribution < -0.4 is 15.8 Å². The number of amides is 1. The molecule has 0 radical (unpaired) electrons. The molecule has 1 aromatic carbocycles. The maximum atomic E-state index is 12.3. The maximum absolute atomic E-state index is 12.3. The van der Waals surface area contributed by atoms with Gasteiger partial charge in [0.25, 0.3) is 5.91 Å². The van der Waals surface area contributed by atoms with Crippen LogP contribution in [0.25, 0.3) is 11.0 Å². The van der Waals surface area contributed by atoms with E-state index in [2.05, 4.69) is 5.32 Å². The van der Waals surface area contributed by atoms with Crippen LogP contribution in [0.3, 0.4) is 0 Å². The van der Waals surface area contributed by atoms with E-state index in [0.717, 1.165) is 39.3 Å². The van der Waals surface area contributed by atoms with Crippen molar-refractivity contribution >= 4 is 40.1 Å². The second-order valence-electron chi connectivity index (χ2n) is 5.98. The monoisotopic (exact) mass is 385 g/mol. The molecule has 1 amide bonds. The van der Waals surface area contributed by atoms with E-state index in [4.69, 9.17) is 32.4 Å². The van der Waals surface area contributed by atoms with Crippen LogP contribution in [0.15, 0.2) is 27.4 Å². The van der Waals surface area contributed by atoms with Crippen LogP contribution in [0.2, 0.25) is 10.0 Å². The summed E-state index contributed by atoms with van der Waals surface area (Å²) in [5.74, 6) is -0.455. The summed E-state index contributed by atoms with van der Waals surface area (Å²) in [6.07, 6.45) is 0.831. The fourth-order valence-electron chi connectivity index (χ4n) is 2.86. The number of morpholine rings is 1. The van der Waals surface area contributed by atoms with Gasteiger partial charge in [-0.1, -0.05) is 23.2 Å². The fraction of sp³-hybridized carbons (Fsp3) is 0.412. The first-order valence-electron chi connectivity index (χ1n) is 8.17. The summed E-state index contributed by atoms with van der Waals surface area (Å²) in [5, 5.41) is 3.92. The van der Waals surface area contributed by atoms with Gasteiger partial charge in [-0.05, 0) is 18.2 Å². The Bertz CT molecular complexity index is 831. The summed E-state index contributed by atoms with van der Waals surface area (Å²) < 4.78 is 10.5. The van der Waals surface area contributed by atoms with Crippen LogP contribution in [0.4, 0.5) is 0 Å². The molecular formula is C17H19Cl2N2O4+. The van der Waals surface area contributed by atoms with Gasteiger partial charge in [0.1, 0.15) is 18.7 Å². The summed E-state index contributed by atoms with van der Waals surface area (Å²) in [6, 6.07) is 4.55. The van der Waals surface area contributed by atoms with Crippen molar-refractivity contribution in [3.8, 4) is 0 Å². The molecule has 0 atom stereocenters. The molecule has 134 valence electrons. The van der Waals surface area contributed by atoms with Gasteiger partial charge in [0.15, 0.2) is 5.58 Å². The number of nitrogens with one attached hydrogen (secondary N) is 2. The van der Waals surface area contributed by atoms with Crippen molar-refractivity contribution in [2.24, 2.45) is 0 Å². The Hall–Kier alpha value is -1.60. The van der Waals surface area contributed by atoms with Gasteiger partial charge in [0, 0.05) is 23.4 Å². The van der Waals surface area contributed by atoms with Crippen molar-refractivity contribution in [3.05, 3.63) is 44.2 Å². The quantitative estimate of drug-likeness (QED) is 0.597. The summed E-state index contributed by atoms with van der Waals surface area (Å²) in [7, 11) is 0. The molecule has 1 saturated heterocycles. The minimum Gasteiger partial charge on any atom is -0.421 e. The van der Waals surface area contributed by atoms with Crippen LogP contribution in [-0.4, -0.2) is 45.3 Å². The minimum absolute atomic E-state index is 0.0513. The van der Waals surface area contributed by atoms with E-state index >= 15 is 0 Å². The van der Waals surface area contributed by atoms with Gasteiger partial charge in [-0.3, -0.25) is 4.79 Å². The van der Waals surface area contributed by atoms with Gasteiger partial charge in [-0.25, -0.2) is 4.79 Å². The Morgan fingerprint density at radius 3 is 2.72 bits per heavy atom. The molecular weight excluding hydrogens is 367 g/mol. The zero-order chi connectivity index (χ0) is 17.8. The molecule has 0 saturated carbocycles. The molecule has 2 aromatic rings. The third-order valence-electron chi connectivity index (χ3n) is 4.19. The van der Waals surface area contributed by atoms with Gasteiger partial charge in [-0.2, -0.15) is 0 Å². The number of hydrogen-bond donors (Lipinski definition) is 2. The lowest BCUT2D eigenvalue weighted by Gasteiger charge is -2.23. The molecule has 6 nitrogen and oxygen atoms in total. The third-order valence-corrected chi connectivity index (χ3v) is 4.69. The molecule has 0 spiro atoms. The highest BCUT2D eigenvalue weighted by atomic mass is 35.5. The van der Waals surface area contributed by atoms with E-state index < -0.39 is 11.5 Å². The average Bonchev–Trinajstić information content (AvgIpc) is 2.59. The molecule has 1 aromatic heterocycles. The second-order valence-corrected chi connectivity index (χ2v) is 6.82. The largest absolute Gasteiger partial charge is 0.421 e. The average molecular weight is 386 g/mol. The number of fused-ring (bicyclic) bond motifs is 1.